The molecule has 2 aromatic heterocycles. The number of nitrogens with zero attached hydrogens (tertiary/aromatic N) is 4. The second-order valence-electron chi connectivity index (χ2n) is 6.15. The van der Waals surface area contributed by atoms with Crippen molar-refractivity contribution in [3.05, 3.63) is 64.6 Å². The molecule has 0 aliphatic carbocycles. The van der Waals surface area contributed by atoms with Gasteiger partial charge in [-0.15, -0.1) is 0 Å². The standard InChI is InChI=1S/C18H21ClN6S/c1-12(15-11-24(3)22-13(15)2)20-18(26)21-17-8-9-25(23-17)10-14-6-4-5-7-16(14)19/h4-9,11-12H,10H2,1-3H3,(H2,20,21,23,26). The highest BCUT2D eigenvalue weighted by atomic mass is 35.5. The number of thiocarbonyl (C=S) groups is 1. The van der Waals surface area contributed by atoms with E-state index in [4.69, 9.17) is 23.8 Å². The van der Waals surface area contributed by atoms with E-state index in [1.807, 2.05) is 68.3 Å². The molecule has 0 saturated heterocycles. The molecule has 1 aromatic carbocycles. The highest BCUT2D eigenvalue weighted by Gasteiger charge is 2.13. The van der Waals surface area contributed by atoms with Gasteiger partial charge in [-0.2, -0.15) is 10.2 Å². The van der Waals surface area contributed by atoms with Gasteiger partial charge in [0.1, 0.15) is 0 Å². The quantitative estimate of drug-likeness (QED) is 0.653. The summed E-state index contributed by atoms with van der Waals surface area (Å²) >= 11 is 11.6. The Labute approximate surface area is 163 Å². The van der Waals surface area contributed by atoms with E-state index in [9.17, 15) is 0 Å². The Morgan fingerprint density at radius 2 is 2.04 bits per heavy atom. The van der Waals surface area contributed by atoms with Crippen molar-refractivity contribution in [2.45, 2.75) is 26.4 Å². The maximum absolute atomic E-state index is 6.20. The lowest BCUT2D eigenvalue weighted by Crippen LogP contribution is -2.31. The van der Waals surface area contributed by atoms with Crippen LogP contribution < -0.4 is 10.6 Å². The molecule has 0 bridgehead atoms. The summed E-state index contributed by atoms with van der Waals surface area (Å²) in [5.41, 5.74) is 3.12. The summed E-state index contributed by atoms with van der Waals surface area (Å²) in [5, 5.41) is 16.5. The van der Waals surface area contributed by atoms with Gasteiger partial charge >= 0.3 is 0 Å². The monoisotopic (exact) mass is 388 g/mol. The first kappa shape index (κ1) is 18.4. The van der Waals surface area contributed by atoms with E-state index in [0.717, 1.165) is 21.8 Å². The average Bonchev–Trinajstić information content (AvgIpc) is 3.15. The molecule has 0 spiro atoms. The summed E-state index contributed by atoms with van der Waals surface area (Å²) in [5.74, 6) is 0.685. The molecule has 0 fully saturated rings. The minimum atomic E-state index is 0.0499. The summed E-state index contributed by atoms with van der Waals surface area (Å²) in [6, 6.07) is 9.67. The van der Waals surface area contributed by atoms with Crippen molar-refractivity contribution in [3.8, 4) is 0 Å². The van der Waals surface area contributed by atoms with Crippen LogP contribution in [0.5, 0.6) is 0 Å². The third kappa shape index (κ3) is 4.42. The van der Waals surface area contributed by atoms with Crippen LogP contribution in [0.3, 0.4) is 0 Å². The number of anilines is 1. The largest absolute Gasteiger partial charge is 0.356 e. The van der Waals surface area contributed by atoms with Crippen molar-refractivity contribution >= 4 is 34.7 Å². The fraction of sp³-hybridized carbons (Fsp3) is 0.278. The first-order chi connectivity index (χ1) is 12.4. The molecule has 0 amide bonds. The van der Waals surface area contributed by atoms with Crippen molar-refractivity contribution in [2.75, 3.05) is 5.32 Å². The summed E-state index contributed by atoms with van der Waals surface area (Å²) in [6.07, 6.45) is 3.89. The van der Waals surface area contributed by atoms with E-state index in [1.54, 1.807) is 4.68 Å². The van der Waals surface area contributed by atoms with E-state index in [0.29, 0.717) is 17.5 Å². The van der Waals surface area contributed by atoms with E-state index >= 15 is 0 Å². The lowest BCUT2D eigenvalue weighted by Gasteiger charge is -2.15. The van der Waals surface area contributed by atoms with Gasteiger partial charge in [0, 0.05) is 36.1 Å². The maximum Gasteiger partial charge on any atom is 0.172 e. The van der Waals surface area contributed by atoms with Gasteiger partial charge in [0.15, 0.2) is 10.9 Å². The van der Waals surface area contributed by atoms with E-state index in [-0.39, 0.29) is 6.04 Å². The Hall–Kier alpha value is -2.38. The predicted molar refractivity (Wildman–Crippen MR) is 108 cm³/mol. The normalized spacial score (nSPS) is 12.0. The van der Waals surface area contributed by atoms with E-state index in [1.165, 1.54) is 0 Å². The molecular weight excluding hydrogens is 368 g/mol. The molecule has 2 N–H and O–H groups in total. The highest BCUT2D eigenvalue weighted by Crippen LogP contribution is 2.17. The van der Waals surface area contributed by atoms with Gasteiger partial charge in [0.05, 0.1) is 18.3 Å². The van der Waals surface area contributed by atoms with Gasteiger partial charge in [0.2, 0.25) is 0 Å². The second kappa shape index (κ2) is 7.88. The summed E-state index contributed by atoms with van der Waals surface area (Å²) in [7, 11) is 1.91. The van der Waals surface area contributed by atoms with Gasteiger partial charge in [-0.1, -0.05) is 29.8 Å². The molecular formula is C18H21ClN6S. The molecule has 0 radical (unpaired) electrons. The smallest absolute Gasteiger partial charge is 0.172 e. The molecule has 0 aliphatic rings. The van der Waals surface area contributed by atoms with Crippen molar-refractivity contribution < 1.29 is 0 Å². The molecule has 1 atom stereocenters. The fourth-order valence-corrected chi connectivity index (χ4v) is 3.26. The topological polar surface area (TPSA) is 59.7 Å². The highest BCUT2D eigenvalue weighted by molar-refractivity contribution is 7.80. The molecule has 0 saturated carbocycles. The van der Waals surface area contributed by atoms with Crippen molar-refractivity contribution in [1.82, 2.24) is 24.9 Å². The zero-order valence-corrected chi connectivity index (χ0v) is 16.5. The number of hydrogen-bond donors (Lipinski definition) is 2. The molecule has 1 unspecified atom stereocenters. The molecule has 136 valence electrons. The Balaban J connectivity index is 1.59. The van der Waals surface area contributed by atoms with Crippen LogP contribution in [0.1, 0.15) is 29.8 Å². The Morgan fingerprint density at radius 1 is 1.27 bits per heavy atom. The van der Waals surface area contributed by atoms with Gasteiger partial charge < -0.3 is 10.6 Å². The zero-order chi connectivity index (χ0) is 18.7. The first-order valence-electron chi connectivity index (χ1n) is 8.27. The third-order valence-electron chi connectivity index (χ3n) is 4.04. The number of hydrogen-bond acceptors (Lipinski definition) is 3. The van der Waals surface area contributed by atoms with Gasteiger partial charge in [-0.25, -0.2) is 0 Å². The van der Waals surface area contributed by atoms with Crippen LogP contribution in [0.15, 0.2) is 42.7 Å². The zero-order valence-electron chi connectivity index (χ0n) is 14.9. The summed E-state index contributed by atoms with van der Waals surface area (Å²) in [6.45, 7) is 4.64. The summed E-state index contributed by atoms with van der Waals surface area (Å²) in [4.78, 5) is 0. The number of nitrogens with one attached hydrogen (secondary N) is 2. The number of halogens is 1. The van der Waals surface area contributed by atoms with E-state index < -0.39 is 0 Å². The van der Waals surface area contributed by atoms with E-state index in [2.05, 4.69) is 20.8 Å². The maximum atomic E-state index is 6.20. The van der Waals surface area contributed by atoms with Crippen LogP contribution in [0.2, 0.25) is 5.02 Å². The third-order valence-corrected chi connectivity index (χ3v) is 4.63. The molecule has 0 aliphatic heterocycles. The number of benzene rings is 1. The molecule has 3 rings (SSSR count). The minimum absolute atomic E-state index is 0.0499. The first-order valence-corrected chi connectivity index (χ1v) is 9.05. The van der Waals surface area contributed by atoms with Gasteiger partial charge in [-0.05, 0) is 37.7 Å². The summed E-state index contributed by atoms with van der Waals surface area (Å²) < 4.78 is 3.62. The van der Waals surface area contributed by atoms with Crippen LogP contribution in [0, 0.1) is 6.92 Å². The Morgan fingerprint density at radius 3 is 2.73 bits per heavy atom. The minimum Gasteiger partial charge on any atom is -0.356 e. The van der Waals surface area contributed by atoms with Gasteiger partial charge in [-0.3, -0.25) is 9.36 Å². The van der Waals surface area contributed by atoms with Crippen LogP contribution in [0.25, 0.3) is 0 Å². The Bertz CT molecular complexity index is 916. The number of aryl methyl sites for hydroxylation is 2. The molecule has 26 heavy (non-hydrogen) atoms. The molecule has 3 aromatic rings. The number of aromatic nitrogens is 4. The van der Waals surface area contributed by atoms with Crippen LogP contribution in [-0.2, 0) is 13.6 Å². The number of rotatable bonds is 5. The van der Waals surface area contributed by atoms with Crippen molar-refractivity contribution in [1.29, 1.82) is 0 Å². The van der Waals surface area contributed by atoms with Gasteiger partial charge in [0.25, 0.3) is 0 Å². The predicted octanol–water partition coefficient (Wildman–Crippen LogP) is 3.67. The molecule has 2 heterocycles. The van der Waals surface area contributed by atoms with Crippen LogP contribution in [-0.4, -0.2) is 24.7 Å². The Kier molecular flexibility index (Phi) is 5.58. The van der Waals surface area contributed by atoms with Crippen molar-refractivity contribution in [2.24, 2.45) is 7.05 Å². The SMILES string of the molecule is Cc1nn(C)cc1C(C)NC(=S)Nc1ccn(Cc2ccccc2Cl)n1. The lowest BCUT2D eigenvalue weighted by molar-refractivity contribution is 0.688. The molecule has 6 nitrogen and oxygen atoms in total. The average molecular weight is 389 g/mol. The molecule has 8 heteroatoms. The second-order valence-corrected chi connectivity index (χ2v) is 6.97. The fourth-order valence-electron chi connectivity index (χ4n) is 2.79. The lowest BCUT2D eigenvalue weighted by atomic mass is 10.1. The van der Waals surface area contributed by atoms with Crippen LogP contribution in [0.4, 0.5) is 5.82 Å². The van der Waals surface area contributed by atoms with Crippen LogP contribution >= 0.6 is 23.8 Å². The van der Waals surface area contributed by atoms with Crippen molar-refractivity contribution in [3.63, 3.8) is 0 Å².